The van der Waals surface area contributed by atoms with Crippen LogP contribution in [-0.4, -0.2) is 56.1 Å². The van der Waals surface area contributed by atoms with Crippen LogP contribution in [0.3, 0.4) is 0 Å². The second-order valence-corrected chi connectivity index (χ2v) is 6.52. The smallest absolute Gasteiger partial charge is 0.255 e. The second-order valence-electron chi connectivity index (χ2n) is 6.52. The first-order valence-electron chi connectivity index (χ1n) is 7.73. The summed E-state index contributed by atoms with van der Waals surface area (Å²) in [6.07, 6.45) is 5.19. The van der Waals surface area contributed by atoms with Crippen LogP contribution < -0.4 is 10.2 Å². The molecule has 1 amide bonds. The predicted molar refractivity (Wildman–Crippen MR) is 98.1 cm³/mol. The van der Waals surface area contributed by atoms with Crippen molar-refractivity contribution in [2.45, 2.75) is 19.3 Å². The van der Waals surface area contributed by atoms with Crippen molar-refractivity contribution in [2.24, 2.45) is 5.41 Å². The summed E-state index contributed by atoms with van der Waals surface area (Å²) >= 11 is 0. The highest BCUT2D eigenvalue weighted by Crippen LogP contribution is 2.37. The lowest BCUT2D eigenvalue weighted by Gasteiger charge is -2.38. The van der Waals surface area contributed by atoms with Crippen molar-refractivity contribution in [1.29, 1.82) is 0 Å². The van der Waals surface area contributed by atoms with Crippen LogP contribution in [0.5, 0.6) is 0 Å². The van der Waals surface area contributed by atoms with E-state index in [-0.39, 0.29) is 30.7 Å². The number of aromatic nitrogens is 1. The minimum Gasteiger partial charge on any atom is -0.363 e. The van der Waals surface area contributed by atoms with Crippen molar-refractivity contribution in [1.82, 2.24) is 15.2 Å². The van der Waals surface area contributed by atoms with Crippen molar-refractivity contribution in [3.8, 4) is 0 Å². The number of halogens is 2. The molecule has 0 radical (unpaired) electrons. The molecule has 1 aromatic rings. The lowest BCUT2D eigenvalue weighted by molar-refractivity contribution is 0.0607. The Morgan fingerprint density at radius 2 is 1.91 bits per heavy atom. The van der Waals surface area contributed by atoms with Gasteiger partial charge in [-0.25, -0.2) is 4.98 Å². The number of rotatable bonds is 2. The molecule has 130 valence electrons. The highest BCUT2D eigenvalue weighted by atomic mass is 35.5. The quantitative estimate of drug-likeness (QED) is 0.878. The van der Waals surface area contributed by atoms with Crippen LogP contribution in [0.15, 0.2) is 18.3 Å². The van der Waals surface area contributed by atoms with Crippen LogP contribution in [0.4, 0.5) is 5.82 Å². The minimum atomic E-state index is 0. The van der Waals surface area contributed by atoms with Gasteiger partial charge in [-0.05, 0) is 43.4 Å². The Morgan fingerprint density at radius 1 is 1.22 bits per heavy atom. The van der Waals surface area contributed by atoms with E-state index in [4.69, 9.17) is 0 Å². The van der Waals surface area contributed by atoms with Gasteiger partial charge < -0.3 is 15.1 Å². The third-order valence-corrected chi connectivity index (χ3v) is 4.90. The first-order valence-corrected chi connectivity index (χ1v) is 7.73. The van der Waals surface area contributed by atoms with Crippen LogP contribution in [0.25, 0.3) is 0 Å². The lowest BCUT2D eigenvalue weighted by Crippen LogP contribution is -2.44. The highest BCUT2D eigenvalue weighted by Gasteiger charge is 2.38. The Labute approximate surface area is 150 Å². The predicted octanol–water partition coefficient (Wildman–Crippen LogP) is 2.21. The molecular formula is C16H26Cl2N4O. The fourth-order valence-electron chi connectivity index (χ4n) is 3.37. The minimum absolute atomic E-state index is 0. The maximum atomic E-state index is 12.5. The Kier molecular flexibility index (Phi) is 7.11. The average Bonchev–Trinajstić information content (AvgIpc) is 2.96. The number of anilines is 1. The van der Waals surface area contributed by atoms with Gasteiger partial charge >= 0.3 is 0 Å². The fourth-order valence-corrected chi connectivity index (χ4v) is 3.37. The molecule has 5 nitrogen and oxygen atoms in total. The maximum absolute atomic E-state index is 12.5. The molecule has 0 aliphatic carbocycles. The van der Waals surface area contributed by atoms with Gasteiger partial charge in [-0.1, -0.05) is 0 Å². The zero-order valence-electron chi connectivity index (χ0n) is 13.7. The van der Waals surface area contributed by atoms with Gasteiger partial charge in [-0.15, -0.1) is 24.8 Å². The topological polar surface area (TPSA) is 48.5 Å². The van der Waals surface area contributed by atoms with Crippen molar-refractivity contribution >= 4 is 36.5 Å². The molecule has 2 saturated heterocycles. The summed E-state index contributed by atoms with van der Waals surface area (Å²) in [5, 5.41) is 3.46. The molecule has 23 heavy (non-hydrogen) atoms. The highest BCUT2D eigenvalue weighted by molar-refractivity contribution is 5.94. The summed E-state index contributed by atoms with van der Waals surface area (Å²) in [4.78, 5) is 20.8. The van der Waals surface area contributed by atoms with Crippen LogP contribution in [0.2, 0.25) is 0 Å². The monoisotopic (exact) mass is 360 g/mol. The first-order chi connectivity index (χ1) is 10.1. The summed E-state index contributed by atoms with van der Waals surface area (Å²) in [7, 11) is 3.90. The van der Waals surface area contributed by atoms with E-state index in [1.807, 2.05) is 36.0 Å². The van der Waals surface area contributed by atoms with Gasteiger partial charge in [0.15, 0.2) is 0 Å². The Bertz CT molecular complexity index is 505. The summed E-state index contributed by atoms with van der Waals surface area (Å²) in [6.45, 7) is 3.99. The van der Waals surface area contributed by atoms with Gasteiger partial charge in [0.1, 0.15) is 5.82 Å². The molecule has 1 N–H and O–H groups in total. The van der Waals surface area contributed by atoms with Crippen molar-refractivity contribution < 1.29 is 4.79 Å². The summed E-state index contributed by atoms with van der Waals surface area (Å²) < 4.78 is 0. The molecule has 3 rings (SSSR count). The maximum Gasteiger partial charge on any atom is 0.255 e. The SMILES string of the molecule is CN(C)c1ccc(C(=O)N2CCC3(CCNC3)CC2)cn1.Cl.Cl. The third kappa shape index (κ3) is 4.28. The molecule has 2 aliphatic rings. The second kappa shape index (κ2) is 8.18. The molecule has 2 fully saturated rings. The molecule has 7 heteroatoms. The molecule has 0 saturated carbocycles. The largest absolute Gasteiger partial charge is 0.363 e. The molecule has 0 unspecified atom stereocenters. The number of hydrogen-bond donors (Lipinski definition) is 1. The van der Waals surface area contributed by atoms with E-state index in [0.717, 1.165) is 44.8 Å². The summed E-state index contributed by atoms with van der Waals surface area (Å²) in [5.41, 5.74) is 1.14. The number of carbonyl (C=O) groups is 1. The van der Waals surface area contributed by atoms with E-state index in [9.17, 15) is 4.79 Å². The first kappa shape index (κ1) is 20.0. The molecule has 2 aliphatic heterocycles. The average molecular weight is 361 g/mol. The van der Waals surface area contributed by atoms with Gasteiger partial charge in [0.05, 0.1) is 5.56 Å². The summed E-state index contributed by atoms with van der Waals surface area (Å²) in [5.74, 6) is 0.995. The zero-order chi connectivity index (χ0) is 14.9. The Hall–Kier alpha value is -1.04. The van der Waals surface area contributed by atoms with E-state index in [1.165, 1.54) is 6.42 Å². The van der Waals surface area contributed by atoms with E-state index < -0.39 is 0 Å². The molecule has 3 heterocycles. The Morgan fingerprint density at radius 3 is 2.39 bits per heavy atom. The number of nitrogens with zero attached hydrogens (tertiary/aromatic N) is 3. The van der Waals surface area contributed by atoms with Gasteiger partial charge in [0.2, 0.25) is 0 Å². The number of hydrogen-bond acceptors (Lipinski definition) is 4. The number of amides is 1. The van der Waals surface area contributed by atoms with Gasteiger partial charge in [-0.3, -0.25) is 4.79 Å². The van der Waals surface area contributed by atoms with Gasteiger partial charge in [-0.2, -0.15) is 0 Å². The van der Waals surface area contributed by atoms with Crippen LogP contribution in [0, 0.1) is 5.41 Å². The van der Waals surface area contributed by atoms with Crippen LogP contribution >= 0.6 is 24.8 Å². The van der Waals surface area contributed by atoms with E-state index >= 15 is 0 Å². The zero-order valence-corrected chi connectivity index (χ0v) is 15.4. The number of pyridine rings is 1. The van der Waals surface area contributed by atoms with E-state index in [1.54, 1.807) is 6.20 Å². The fraction of sp³-hybridized carbons (Fsp3) is 0.625. The van der Waals surface area contributed by atoms with Gasteiger partial charge in [0.25, 0.3) is 5.91 Å². The number of likely N-dealkylation sites (tertiary alicyclic amines) is 1. The molecule has 1 aromatic heterocycles. The third-order valence-electron chi connectivity index (χ3n) is 4.90. The van der Waals surface area contributed by atoms with Crippen LogP contribution in [0.1, 0.15) is 29.6 Å². The standard InChI is InChI=1S/C16H24N4O.2ClH/c1-19(2)14-4-3-13(11-18-14)15(21)20-9-6-16(7-10-20)5-8-17-12-16;;/h3-4,11,17H,5-10,12H2,1-2H3;2*1H. The van der Waals surface area contributed by atoms with Crippen LogP contribution in [-0.2, 0) is 0 Å². The molecule has 0 bridgehead atoms. The van der Waals surface area contributed by atoms with E-state index in [0.29, 0.717) is 11.0 Å². The Balaban J connectivity index is 0.00000132. The number of piperidine rings is 1. The van der Waals surface area contributed by atoms with E-state index in [2.05, 4.69) is 10.3 Å². The van der Waals surface area contributed by atoms with Crippen molar-refractivity contribution in [2.75, 3.05) is 45.2 Å². The number of carbonyl (C=O) groups excluding carboxylic acids is 1. The summed E-state index contributed by atoms with van der Waals surface area (Å²) in [6, 6.07) is 3.78. The number of nitrogens with one attached hydrogen (secondary N) is 1. The molecule has 0 atom stereocenters. The normalized spacial score (nSPS) is 19.0. The molecular weight excluding hydrogens is 335 g/mol. The lowest BCUT2D eigenvalue weighted by atomic mass is 9.78. The molecule has 1 spiro atoms. The van der Waals surface area contributed by atoms with Crippen molar-refractivity contribution in [3.63, 3.8) is 0 Å². The van der Waals surface area contributed by atoms with Crippen molar-refractivity contribution in [3.05, 3.63) is 23.9 Å². The molecule has 0 aromatic carbocycles. The van der Waals surface area contributed by atoms with Gasteiger partial charge in [0, 0.05) is 39.9 Å².